The molecule has 4 aromatic carbocycles. The number of hydrogen-bond donors (Lipinski definition) is 1. The summed E-state index contributed by atoms with van der Waals surface area (Å²) in [5, 5.41) is 3.65. The molecule has 236 valence electrons. The van der Waals surface area contributed by atoms with Crippen molar-refractivity contribution in [2.45, 2.75) is 37.2 Å². The highest BCUT2D eigenvalue weighted by Gasteiger charge is 2.35. The molecular formula is C34H35Cl2N3O5S. The van der Waals surface area contributed by atoms with E-state index in [4.69, 9.17) is 27.9 Å². The van der Waals surface area contributed by atoms with Crippen LogP contribution in [0.5, 0.6) is 5.75 Å². The Morgan fingerprint density at radius 3 is 2.18 bits per heavy atom. The van der Waals surface area contributed by atoms with E-state index in [-0.39, 0.29) is 35.2 Å². The van der Waals surface area contributed by atoms with Gasteiger partial charge in [-0.25, -0.2) is 8.42 Å². The number of benzene rings is 4. The summed E-state index contributed by atoms with van der Waals surface area (Å²) in [6, 6.07) is 27.6. The van der Waals surface area contributed by atoms with E-state index in [2.05, 4.69) is 5.32 Å². The maximum Gasteiger partial charge on any atom is 0.264 e. The average molecular weight is 669 g/mol. The third kappa shape index (κ3) is 8.57. The van der Waals surface area contributed by atoms with E-state index in [0.717, 1.165) is 9.87 Å². The highest BCUT2D eigenvalue weighted by molar-refractivity contribution is 7.92. The molecule has 0 spiro atoms. The lowest BCUT2D eigenvalue weighted by atomic mass is 10.0. The van der Waals surface area contributed by atoms with Crippen LogP contribution >= 0.6 is 23.2 Å². The number of hydrogen-bond acceptors (Lipinski definition) is 5. The van der Waals surface area contributed by atoms with Gasteiger partial charge in [0.1, 0.15) is 18.3 Å². The third-order valence-corrected chi connectivity index (χ3v) is 9.50. The molecule has 45 heavy (non-hydrogen) atoms. The summed E-state index contributed by atoms with van der Waals surface area (Å²) in [6.07, 6.45) is 0.880. The number of nitrogens with zero attached hydrogens (tertiary/aromatic N) is 2. The topological polar surface area (TPSA) is 96.0 Å². The standard InChI is InChI=1S/C34H35Cl2N3O5S/c1-3-20-37-34(41)31(21-25-12-6-4-7-13-25)38(23-26-18-19-27(35)22-29(26)36)33(40)24-39(30-16-10-11-17-32(30)44-2)45(42,43)28-14-8-5-9-15-28/h4-19,22,31H,3,20-21,23-24H2,1-2H3,(H,37,41)/t31-/m1/s1. The molecule has 1 N–H and O–H groups in total. The third-order valence-electron chi connectivity index (χ3n) is 7.14. The van der Waals surface area contributed by atoms with Gasteiger partial charge in [-0.1, -0.05) is 96.9 Å². The van der Waals surface area contributed by atoms with Gasteiger partial charge in [0.15, 0.2) is 0 Å². The van der Waals surface area contributed by atoms with Crippen LogP contribution in [-0.4, -0.2) is 51.4 Å². The van der Waals surface area contributed by atoms with Gasteiger partial charge < -0.3 is 15.0 Å². The first-order chi connectivity index (χ1) is 21.6. The quantitative estimate of drug-likeness (QED) is 0.169. The largest absolute Gasteiger partial charge is 0.495 e. The zero-order valence-corrected chi connectivity index (χ0v) is 27.4. The summed E-state index contributed by atoms with van der Waals surface area (Å²) in [6.45, 7) is 1.65. The Balaban J connectivity index is 1.83. The van der Waals surface area contributed by atoms with Crippen LogP contribution in [0.1, 0.15) is 24.5 Å². The molecule has 2 amide bonds. The number of halogens is 2. The first-order valence-electron chi connectivity index (χ1n) is 14.4. The minimum atomic E-state index is -4.26. The maximum atomic E-state index is 14.5. The molecular weight excluding hydrogens is 633 g/mol. The predicted octanol–water partition coefficient (Wildman–Crippen LogP) is 6.36. The summed E-state index contributed by atoms with van der Waals surface area (Å²) < 4.78 is 34.8. The van der Waals surface area contributed by atoms with Gasteiger partial charge in [-0.15, -0.1) is 0 Å². The Labute approximate surface area is 274 Å². The lowest BCUT2D eigenvalue weighted by Crippen LogP contribution is -2.53. The minimum Gasteiger partial charge on any atom is -0.495 e. The van der Waals surface area contributed by atoms with E-state index in [1.54, 1.807) is 60.7 Å². The number of nitrogens with one attached hydrogen (secondary N) is 1. The number of carbonyl (C=O) groups excluding carboxylic acids is 2. The van der Waals surface area contributed by atoms with Crippen molar-refractivity contribution in [2.75, 3.05) is 24.5 Å². The fourth-order valence-corrected chi connectivity index (χ4v) is 6.74. The van der Waals surface area contributed by atoms with E-state index in [1.165, 1.54) is 24.1 Å². The number of amides is 2. The van der Waals surface area contributed by atoms with Crippen LogP contribution in [0.3, 0.4) is 0 Å². The van der Waals surface area contributed by atoms with Crippen molar-refractivity contribution >= 4 is 50.7 Å². The number of para-hydroxylation sites is 2. The molecule has 0 aliphatic heterocycles. The first-order valence-corrected chi connectivity index (χ1v) is 16.6. The van der Waals surface area contributed by atoms with Gasteiger partial charge in [0.05, 0.1) is 17.7 Å². The maximum absolute atomic E-state index is 14.5. The van der Waals surface area contributed by atoms with Crippen molar-refractivity contribution < 1.29 is 22.7 Å². The normalized spacial score (nSPS) is 11.8. The van der Waals surface area contributed by atoms with Crippen molar-refractivity contribution in [3.63, 3.8) is 0 Å². The fourth-order valence-electron chi connectivity index (χ4n) is 4.82. The van der Waals surface area contributed by atoms with Gasteiger partial charge in [-0.2, -0.15) is 0 Å². The number of rotatable bonds is 14. The average Bonchev–Trinajstić information content (AvgIpc) is 3.05. The molecule has 8 nitrogen and oxygen atoms in total. The Morgan fingerprint density at radius 2 is 1.53 bits per heavy atom. The Bertz CT molecular complexity index is 1710. The second-order valence-electron chi connectivity index (χ2n) is 10.3. The van der Waals surface area contributed by atoms with Gasteiger partial charge in [-0.3, -0.25) is 13.9 Å². The summed E-state index contributed by atoms with van der Waals surface area (Å²) in [5.74, 6) is -0.716. The van der Waals surface area contributed by atoms with Crippen LogP contribution in [0.25, 0.3) is 0 Å². The van der Waals surface area contributed by atoms with Crippen molar-refractivity contribution in [2.24, 2.45) is 0 Å². The molecule has 0 aliphatic carbocycles. The molecule has 11 heteroatoms. The minimum absolute atomic E-state index is 0.00229. The molecule has 4 aromatic rings. The summed E-state index contributed by atoms with van der Waals surface area (Å²) in [7, 11) is -2.83. The molecule has 0 aliphatic rings. The number of carbonyl (C=O) groups is 2. The Kier molecular flexibility index (Phi) is 11.9. The molecule has 0 aromatic heterocycles. The van der Waals surface area contributed by atoms with Crippen LogP contribution < -0.4 is 14.4 Å². The highest BCUT2D eigenvalue weighted by atomic mass is 35.5. The molecule has 4 rings (SSSR count). The van der Waals surface area contributed by atoms with Crippen LogP contribution in [-0.2, 0) is 32.6 Å². The van der Waals surface area contributed by atoms with Gasteiger partial charge >= 0.3 is 0 Å². The molecule has 1 atom stereocenters. The predicted molar refractivity (Wildman–Crippen MR) is 178 cm³/mol. The molecule has 0 radical (unpaired) electrons. The van der Waals surface area contributed by atoms with Gasteiger partial charge in [0.25, 0.3) is 10.0 Å². The smallest absolute Gasteiger partial charge is 0.264 e. The molecule has 0 fully saturated rings. The Morgan fingerprint density at radius 1 is 0.889 bits per heavy atom. The second-order valence-corrected chi connectivity index (χ2v) is 13.0. The highest BCUT2D eigenvalue weighted by Crippen LogP contribution is 2.33. The van der Waals surface area contributed by atoms with Crippen LogP contribution in [0.2, 0.25) is 10.0 Å². The Hall–Kier alpha value is -4.05. The molecule has 0 heterocycles. The number of ether oxygens (including phenoxy) is 1. The summed E-state index contributed by atoms with van der Waals surface area (Å²) >= 11 is 12.7. The first kappa shape index (κ1) is 33.8. The van der Waals surface area contributed by atoms with Crippen LogP contribution in [0.4, 0.5) is 5.69 Å². The van der Waals surface area contributed by atoms with E-state index < -0.39 is 28.5 Å². The molecule has 0 saturated carbocycles. The van der Waals surface area contributed by atoms with E-state index in [9.17, 15) is 18.0 Å². The summed E-state index contributed by atoms with van der Waals surface area (Å²) in [5.41, 5.74) is 1.55. The summed E-state index contributed by atoms with van der Waals surface area (Å²) in [4.78, 5) is 29.7. The monoisotopic (exact) mass is 667 g/mol. The number of sulfonamides is 1. The lowest BCUT2D eigenvalue weighted by Gasteiger charge is -2.34. The lowest BCUT2D eigenvalue weighted by molar-refractivity contribution is -0.140. The van der Waals surface area contributed by atoms with Gasteiger partial charge in [0, 0.05) is 29.6 Å². The number of anilines is 1. The van der Waals surface area contributed by atoms with E-state index in [0.29, 0.717) is 28.6 Å². The van der Waals surface area contributed by atoms with Crippen molar-refractivity contribution in [3.8, 4) is 5.75 Å². The zero-order chi connectivity index (χ0) is 32.4. The second kappa shape index (κ2) is 15.8. The fraction of sp³-hybridized carbons (Fsp3) is 0.235. The van der Waals surface area contributed by atoms with Crippen molar-refractivity contribution in [1.29, 1.82) is 0 Å². The molecule has 0 unspecified atom stereocenters. The van der Waals surface area contributed by atoms with E-state index in [1.807, 2.05) is 37.3 Å². The molecule has 0 saturated heterocycles. The van der Waals surface area contributed by atoms with Crippen LogP contribution in [0.15, 0.2) is 108 Å². The van der Waals surface area contributed by atoms with Crippen molar-refractivity contribution in [1.82, 2.24) is 10.2 Å². The molecule has 0 bridgehead atoms. The zero-order valence-electron chi connectivity index (χ0n) is 25.0. The van der Waals surface area contributed by atoms with Gasteiger partial charge in [-0.05, 0) is 53.9 Å². The number of methoxy groups -OCH3 is 1. The van der Waals surface area contributed by atoms with Crippen molar-refractivity contribution in [3.05, 3.63) is 124 Å². The van der Waals surface area contributed by atoms with Crippen LogP contribution in [0, 0.1) is 0 Å². The van der Waals surface area contributed by atoms with E-state index >= 15 is 0 Å². The van der Waals surface area contributed by atoms with Gasteiger partial charge in [0.2, 0.25) is 11.8 Å². The SMILES string of the molecule is CCCNC(=O)[C@@H](Cc1ccccc1)N(Cc1ccc(Cl)cc1Cl)C(=O)CN(c1ccccc1OC)S(=O)(=O)c1ccccc1.